The molecule has 3 aromatic carbocycles. The van der Waals surface area contributed by atoms with Crippen molar-refractivity contribution in [2.75, 3.05) is 13.7 Å². The molecule has 2 N–H and O–H groups in total. The molecule has 7 heteroatoms. The third-order valence-corrected chi connectivity index (χ3v) is 5.37. The molecular weight excluding hydrogens is 444 g/mol. The molecule has 184 valence electrons. The van der Waals surface area contributed by atoms with Gasteiger partial charge >= 0.3 is 12.1 Å². The minimum Gasteiger partial charge on any atom is -0.467 e. The summed E-state index contributed by atoms with van der Waals surface area (Å²) in [5.41, 5.74) is 1.68. The van der Waals surface area contributed by atoms with E-state index < -0.39 is 23.7 Å². The Hall–Kier alpha value is -3.87. The van der Waals surface area contributed by atoms with Crippen molar-refractivity contribution in [3.05, 3.63) is 83.4 Å². The van der Waals surface area contributed by atoms with E-state index in [1.54, 1.807) is 39.0 Å². The molecule has 7 nitrogen and oxygen atoms in total. The lowest BCUT2D eigenvalue weighted by molar-refractivity contribution is -0.142. The summed E-state index contributed by atoms with van der Waals surface area (Å²) < 4.78 is 10.2. The van der Waals surface area contributed by atoms with Crippen LogP contribution in [0.1, 0.15) is 42.3 Å². The third-order valence-electron chi connectivity index (χ3n) is 5.37. The Labute approximate surface area is 205 Å². The number of hydrogen-bond donors (Lipinski definition) is 2. The minimum atomic E-state index is -0.837. The zero-order valence-corrected chi connectivity index (χ0v) is 20.6. The van der Waals surface area contributed by atoms with Gasteiger partial charge in [-0.3, -0.25) is 4.79 Å². The van der Waals surface area contributed by atoms with Crippen molar-refractivity contribution >= 4 is 28.7 Å². The highest BCUT2D eigenvalue weighted by Crippen LogP contribution is 2.20. The lowest BCUT2D eigenvalue weighted by Crippen LogP contribution is -2.43. The molecule has 0 unspecified atom stereocenters. The van der Waals surface area contributed by atoms with E-state index in [0.717, 1.165) is 21.9 Å². The number of amides is 2. The number of ether oxygens (including phenoxy) is 2. The molecule has 0 aliphatic heterocycles. The molecule has 0 saturated heterocycles. The fraction of sp³-hybridized carbons (Fsp3) is 0.321. The molecule has 0 aliphatic rings. The number of carbonyl (C=O) groups excluding carboxylic acids is 3. The van der Waals surface area contributed by atoms with Crippen LogP contribution in [0.25, 0.3) is 10.8 Å². The molecule has 35 heavy (non-hydrogen) atoms. The SMILES string of the molecule is COC(=O)[C@@H](Cc1cccc2ccccc12)NC(=O)c1cccc(CCNC(=O)OC(C)(C)C)c1. The predicted octanol–water partition coefficient (Wildman–Crippen LogP) is 4.42. The van der Waals surface area contributed by atoms with Gasteiger partial charge in [0.2, 0.25) is 0 Å². The lowest BCUT2D eigenvalue weighted by atomic mass is 9.98. The summed E-state index contributed by atoms with van der Waals surface area (Å²) in [6.07, 6.45) is 0.344. The standard InChI is InChI=1S/C28H32N2O5/c1-28(2,3)35-27(33)29-16-15-19-9-7-13-22(17-19)25(31)30-24(26(32)34-4)18-21-12-8-11-20-10-5-6-14-23(20)21/h5-14,17,24H,15-16,18H2,1-4H3,(H,29,33)(H,30,31)/t24-/m1/s1. The Morgan fingerprint density at radius 1 is 0.943 bits per heavy atom. The summed E-state index contributed by atoms with van der Waals surface area (Å²) >= 11 is 0. The molecule has 1 atom stereocenters. The smallest absolute Gasteiger partial charge is 0.407 e. The Kier molecular flexibility index (Phi) is 8.47. The van der Waals surface area contributed by atoms with Crippen LogP contribution in [-0.2, 0) is 27.1 Å². The van der Waals surface area contributed by atoms with E-state index in [9.17, 15) is 14.4 Å². The highest BCUT2D eigenvalue weighted by atomic mass is 16.6. The van der Waals surface area contributed by atoms with Gasteiger partial charge in [-0.1, -0.05) is 54.6 Å². The van der Waals surface area contributed by atoms with Crippen LogP contribution >= 0.6 is 0 Å². The third kappa shape index (κ3) is 7.57. The van der Waals surface area contributed by atoms with Crippen molar-refractivity contribution < 1.29 is 23.9 Å². The summed E-state index contributed by atoms with van der Waals surface area (Å²) in [4.78, 5) is 37.3. The maximum absolute atomic E-state index is 13.0. The molecule has 0 aliphatic carbocycles. The van der Waals surface area contributed by atoms with E-state index in [0.29, 0.717) is 24.9 Å². The first-order chi connectivity index (χ1) is 16.7. The Bertz CT molecular complexity index is 1190. The van der Waals surface area contributed by atoms with Gasteiger partial charge < -0.3 is 20.1 Å². The Balaban J connectivity index is 1.67. The van der Waals surface area contributed by atoms with E-state index in [4.69, 9.17) is 9.47 Å². The van der Waals surface area contributed by atoms with Gasteiger partial charge in [0.15, 0.2) is 0 Å². The van der Waals surface area contributed by atoms with E-state index in [2.05, 4.69) is 10.6 Å². The van der Waals surface area contributed by atoms with Crippen LogP contribution in [0.4, 0.5) is 4.79 Å². The minimum absolute atomic E-state index is 0.305. The van der Waals surface area contributed by atoms with Gasteiger partial charge in [0.25, 0.3) is 5.91 Å². The molecule has 0 aromatic heterocycles. The second-order valence-electron chi connectivity index (χ2n) is 9.27. The van der Waals surface area contributed by atoms with Crippen LogP contribution in [0.3, 0.4) is 0 Å². The van der Waals surface area contributed by atoms with E-state index >= 15 is 0 Å². The molecule has 0 fully saturated rings. The largest absolute Gasteiger partial charge is 0.467 e. The second-order valence-corrected chi connectivity index (χ2v) is 9.27. The quantitative estimate of drug-likeness (QED) is 0.470. The molecule has 3 aromatic rings. The van der Waals surface area contributed by atoms with Gasteiger partial charge in [-0.25, -0.2) is 9.59 Å². The Morgan fingerprint density at radius 3 is 2.40 bits per heavy atom. The Morgan fingerprint density at radius 2 is 1.66 bits per heavy atom. The number of benzene rings is 3. The first kappa shape index (κ1) is 25.7. The molecule has 0 bridgehead atoms. The van der Waals surface area contributed by atoms with Crippen LogP contribution in [0.15, 0.2) is 66.7 Å². The maximum atomic E-state index is 13.0. The second kappa shape index (κ2) is 11.5. The molecule has 0 spiro atoms. The van der Waals surface area contributed by atoms with Gasteiger partial charge in [-0.05, 0) is 61.2 Å². The van der Waals surface area contributed by atoms with Gasteiger partial charge in [0, 0.05) is 18.5 Å². The van der Waals surface area contributed by atoms with Crippen molar-refractivity contribution in [1.29, 1.82) is 0 Å². The van der Waals surface area contributed by atoms with Gasteiger partial charge in [-0.2, -0.15) is 0 Å². The molecule has 0 radical (unpaired) electrons. The summed E-state index contributed by atoms with van der Waals surface area (Å²) in [6, 6.07) is 20.0. The van der Waals surface area contributed by atoms with Crippen molar-refractivity contribution in [1.82, 2.24) is 10.6 Å². The number of fused-ring (bicyclic) bond motifs is 1. The van der Waals surface area contributed by atoms with Crippen LogP contribution in [-0.4, -0.2) is 43.3 Å². The van der Waals surface area contributed by atoms with Gasteiger partial charge in [-0.15, -0.1) is 0 Å². The van der Waals surface area contributed by atoms with Crippen LogP contribution in [0, 0.1) is 0 Å². The molecule has 0 heterocycles. The highest BCUT2D eigenvalue weighted by Gasteiger charge is 2.23. The van der Waals surface area contributed by atoms with Gasteiger partial charge in [0.05, 0.1) is 7.11 Å². The van der Waals surface area contributed by atoms with Crippen molar-refractivity contribution in [3.8, 4) is 0 Å². The van der Waals surface area contributed by atoms with Crippen LogP contribution < -0.4 is 10.6 Å². The first-order valence-electron chi connectivity index (χ1n) is 11.6. The number of hydrogen-bond acceptors (Lipinski definition) is 5. The maximum Gasteiger partial charge on any atom is 0.407 e. The fourth-order valence-electron chi connectivity index (χ4n) is 3.76. The normalized spacial score (nSPS) is 12.0. The van der Waals surface area contributed by atoms with E-state index in [1.807, 2.05) is 48.5 Å². The molecular formula is C28H32N2O5. The van der Waals surface area contributed by atoms with Crippen molar-refractivity contribution in [2.24, 2.45) is 0 Å². The molecule has 2 amide bonds. The first-order valence-corrected chi connectivity index (χ1v) is 11.6. The summed E-state index contributed by atoms with van der Waals surface area (Å²) in [7, 11) is 1.31. The molecule has 3 rings (SSSR count). The number of methoxy groups -OCH3 is 1. The topological polar surface area (TPSA) is 93.7 Å². The van der Waals surface area contributed by atoms with E-state index in [-0.39, 0.29) is 5.91 Å². The number of carbonyl (C=O) groups is 3. The highest BCUT2D eigenvalue weighted by molar-refractivity contribution is 5.97. The van der Waals surface area contributed by atoms with Crippen molar-refractivity contribution in [3.63, 3.8) is 0 Å². The van der Waals surface area contributed by atoms with Crippen molar-refractivity contribution in [2.45, 2.75) is 45.3 Å². The zero-order valence-electron chi connectivity index (χ0n) is 20.6. The van der Waals surface area contributed by atoms with Crippen LogP contribution in [0.2, 0.25) is 0 Å². The number of alkyl carbamates (subject to hydrolysis) is 1. The zero-order chi connectivity index (χ0) is 25.4. The summed E-state index contributed by atoms with van der Waals surface area (Å²) in [5, 5.41) is 7.62. The average molecular weight is 477 g/mol. The number of nitrogens with one attached hydrogen (secondary N) is 2. The monoisotopic (exact) mass is 476 g/mol. The predicted molar refractivity (Wildman–Crippen MR) is 135 cm³/mol. The van der Waals surface area contributed by atoms with Crippen LogP contribution in [0.5, 0.6) is 0 Å². The number of rotatable bonds is 8. The molecule has 0 saturated carbocycles. The lowest BCUT2D eigenvalue weighted by Gasteiger charge is -2.19. The average Bonchev–Trinajstić information content (AvgIpc) is 2.82. The summed E-state index contributed by atoms with van der Waals surface area (Å²) in [5.74, 6) is -0.883. The van der Waals surface area contributed by atoms with E-state index in [1.165, 1.54) is 7.11 Å². The van der Waals surface area contributed by atoms with Gasteiger partial charge in [0.1, 0.15) is 11.6 Å². The fourth-order valence-corrected chi connectivity index (χ4v) is 3.76. The number of esters is 1. The summed E-state index contributed by atoms with van der Waals surface area (Å²) in [6.45, 7) is 5.77.